The van der Waals surface area contributed by atoms with E-state index in [2.05, 4.69) is 5.32 Å². The summed E-state index contributed by atoms with van der Waals surface area (Å²) in [7, 11) is 0. The van der Waals surface area contributed by atoms with Crippen LogP contribution in [0.25, 0.3) is 0 Å². The summed E-state index contributed by atoms with van der Waals surface area (Å²) in [5.74, 6) is 1.89. The Bertz CT molecular complexity index is 409. The second-order valence-electron chi connectivity index (χ2n) is 3.73. The zero-order chi connectivity index (χ0) is 12.1. The smallest absolute Gasteiger partial charge is 0.231 e. The number of ether oxygens (including phenoxy) is 2. The lowest BCUT2D eigenvalue weighted by molar-refractivity contribution is -0.120. The first-order chi connectivity index (χ1) is 8.29. The van der Waals surface area contributed by atoms with Crippen LogP contribution >= 0.6 is 11.6 Å². The molecule has 0 atom stereocenters. The molecule has 0 aliphatic carbocycles. The van der Waals surface area contributed by atoms with E-state index in [0.29, 0.717) is 18.8 Å². The highest BCUT2D eigenvalue weighted by Crippen LogP contribution is 2.32. The van der Waals surface area contributed by atoms with E-state index in [4.69, 9.17) is 21.1 Å². The maximum atomic E-state index is 11.2. The van der Waals surface area contributed by atoms with Crippen LogP contribution in [-0.4, -0.2) is 25.1 Å². The first kappa shape index (κ1) is 12.0. The Morgan fingerprint density at radius 2 is 2.18 bits per heavy atom. The molecule has 1 heterocycles. The topological polar surface area (TPSA) is 47.6 Å². The normalized spacial score (nSPS) is 12.5. The van der Waals surface area contributed by atoms with Gasteiger partial charge in [0.1, 0.15) is 0 Å². The third kappa shape index (κ3) is 3.27. The Hall–Kier alpha value is -1.42. The Labute approximate surface area is 105 Å². The average Bonchev–Trinajstić information content (AvgIpc) is 2.76. The molecule has 0 radical (unpaired) electrons. The quantitative estimate of drug-likeness (QED) is 0.815. The number of hydrogen-bond acceptors (Lipinski definition) is 3. The molecule has 0 bridgehead atoms. The summed E-state index contributed by atoms with van der Waals surface area (Å²) in [4.78, 5) is 11.2. The van der Waals surface area contributed by atoms with Gasteiger partial charge in [-0.25, -0.2) is 0 Å². The maximum absolute atomic E-state index is 11.2. The van der Waals surface area contributed by atoms with Gasteiger partial charge in [0.15, 0.2) is 11.5 Å². The van der Waals surface area contributed by atoms with Gasteiger partial charge >= 0.3 is 0 Å². The van der Waals surface area contributed by atoms with Gasteiger partial charge in [-0.1, -0.05) is 6.07 Å². The molecule has 0 unspecified atom stereocenters. The predicted octanol–water partition coefficient (Wildman–Crippen LogP) is 1.70. The summed E-state index contributed by atoms with van der Waals surface area (Å²) in [5.41, 5.74) is 1.11. The molecule has 4 nitrogen and oxygen atoms in total. The number of carbonyl (C=O) groups is 1. The molecule has 17 heavy (non-hydrogen) atoms. The zero-order valence-electron chi connectivity index (χ0n) is 9.37. The Morgan fingerprint density at radius 3 is 3.00 bits per heavy atom. The van der Waals surface area contributed by atoms with E-state index >= 15 is 0 Å². The molecule has 0 fully saturated rings. The van der Waals surface area contributed by atoms with Crippen molar-refractivity contribution in [1.82, 2.24) is 5.32 Å². The first-order valence-electron chi connectivity index (χ1n) is 5.51. The predicted molar refractivity (Wildman–Crippen MR) is 64.6 cm³/mol. The maximum Gasteiger partial charge on any atom is 0.231 e. The van der Waals surface area contributed by atoms with Crippen LogP contribution in [0.4, 0.5) is 0 Å². The van der Waals surface area contributed by atoms with Crippen molar-refractivity contribution in [1.29, 1.82) is 0 Å². The molecular formula is C12H14ClNO3. The van der Waals surface area contributed by atoms with E-state index in [9.17, 15) is 4.79 Å². The summed E-state index contributed by atoms with van der Waals surface area (Å²) in [5, 5.41) is 2.80. The van der Waals surface area contributed by atoms with Gasteiger partial charge in [-0.3, -0.25) is 4.79 Å². The Kier molecular flexibility index (Phi) is 4.09. The van der Waals surface area contributed by atoms with Crippen molar-refractivity contribution in [2.45, 2.75) is 12.8 Å². The van der Waals surface area contributed by atoms with Gasteiger partial charge < -0.3 is 14.8 Å². The number of halogens is 1. The molecular weight excluding hydrogens is 242 g/mol. The molecule has 0 aromatic heterocycles. The minimum absolute atomic E-state index is 0.0132. The van der Waals surface area contributed by atoms with E-state index < -0.39 is 0 Å². The molecule has 1 amide bonds. The largest absolute Gasteiger partial charge is 0.454 e. The summed E-state index contributed by atoms with van der Waals surface area (Å²) < 4.78 is 10.5. The number of alkyl halides is 1. The summed E-state index contributed by atoms with van der Waals surface area (Å²) in [6.45, 7) is 0.889. The third-order valence-corrected chi connectivity index (χ3v) is 2.68. The SMILES string of the molecule is O=C(CCCl)NCCc1ccc2c(c1)OCO2. The highest BCUT2D eigenvalue weighted by Gasteiger charge is 2.12. The molecule has 0 saturated carbocycles. The molecule has 1 N–H and O–H groups in total. The van der Waals surface area contributed by atoms with Crippen molar-refractivity contribution in [3.8, 4) is 11.5 Å². The van der Waals surface area contributed by atoms with Crippen LogP contribution < -0.4 is 14.8 Å². The van der Waals surface area contributed by atoms with E-state index in [1.165, 1.54) is 0 Å². The minimum Gasteiger partial charge on any atom is -0.454 e. The number of carbonyl (C=O) groups excluding carboxylic acids is 1. The fourth-order valence-corrected chi connectivity index (χ4v) is 1.79. The fourth-order valence-electron chi connectivity index (χ4n) is 1.62. The molecule has 1 aliphatic rings. The summed E-state index contributed by atoms with van der Waals surface area (Å²) in [6, 6.07) is 5.80. The van der Waals surface area contributed by atoms with Crippen molar-refractivity contribution in [2.75, 3.05) is 19.2 Å². The van der Waals surface area contributed by atoms with Crippen LogP contribution in [0.15, 0.2) is 18.2 Å². The van der Waals surface area contributed by atoms with Crippen molar-refractivity contribution < 1.29 is 14.3 Å². The van der Waals surface area contributed by atoms with Gasteiger partial charge in [-0.05, 0) is 24.1 Å². The van der Waals surface area contributed by atoms with Gasteiger partial charge in [-0.15, -0.1) is 11.6 Å². The van der Waals surface area contributed by atoms with Gasteiger partial charge in [0.2, 0.25) is 12.7 Å². The molecule has 2 rings (SSSR count). The average molecular weight is 256 g/mol. The summed E-state index contributed by atoms with van der Waals surface area (Å²) in [6.07, 6.45) is 1.13. The standard InChI is InChI=1S/C12H14ClNO3/c13-5-3-12(15)14-6-4-9-1-2-10-11(7-9)17-8-16-10/h1-2,7H,3-6,8H2,(H,14,15). The molecule has 92 valence electrons. The lowest BCUT2D eigenvalue weighted by atomic mass is 10.1. The number of fused-ring (bicyclic) bond motifs is 1. The fraction of sp³-hybridized carbons (Fsp3) is 0.417. The van der Waals surface area contributed by atoms with Crippen LogP contribution in [-0.2, 0) is 11.2 Å². The van der Waals surface area contributed by atoms with Crippen molar-refractivity contribution in [2.24, 2.45) is 0 Å². The highest BCUT2D eigenvalue weighted by molar-refractivity contribution is 6.18. The van der Waals surface area contributed by atoms with Crippen LogP contribution in [0, 0.1) is 0 Å². The van der Waals surface area contributed by atoms with Crippen LogP contribution in [0.3, 0.4) is 0 Å². The number of benzene rings is 1. The molecule has 1 aromatic rings. The first-order valence-corrected chi connectivity index (χ1v) is 6.04. The van der Waals surface area contributed by atoms with E-state index in [1.807, 2.05) is 18.2 Å². The Morgan fingerprint density at radius 1 is 1.35 bits per heavy atom. The highest BCUT2D eigenvalue weighted by atomic mass is 35.5. The van der Waals surface area contributed by atoms with Gasteiger partial charge in [0, 0.05) is 18.8 Å². The number of nitrogens with one attached hydrogen (secondary N) is 1. The van der Waals surface area contributed by atoms with Crippen molar-refractivity contribution in [3.63, 3.8) is 0 Å². The second-order valence-corrected chi connectivity index (χ2v) is 4.10. The summed E-state index contributed by atoms with van der Waals surface area (Å²) >= 11 is 5.47. The number of amides is 1. The number of hydrogen-bond donors (Lipinski definition) is 1. The van der Waals surface area contributed by atoms with Crippen LogP contribution in [0.2, 0.25) is 0 Å². The van der Waals surface area contributed by atoms with E-state index in [-0.39, 0.29) is 12.7 Å². The third-order valence-electron chi connectivity index (χ3n) is 2.49. The zero-order valence-corrected chi connectivity index (χ0v) is 10.1. The molecule has 0 saturated heterocycles. The van der Waals surface area contributed by atoms with E-state index in [0.717, 1.165) is 23.5 Å². The van der Waals surface area contributed by atoms with Crippen LogP contribution in [0.5, 0.6) is 11.5 Å². The monoisotopic (exact) mass is 255 g/mol. The Balaban J connectivity index is 1.81. The van der Waals surface area contributed by atoms with Crippen molar-refractivity contribution >= 4 is 17.5 Å². The lowest BCUT2D eigenvalue weighted by Gasteiger charge is -2.05. The molecule has 1 aromatic carbocycles. The van der Waals surface area contributed by atoms with Gasteiger partial charge in [0.05, 0.1) is 0 Å². The van der Waals surface area contributed by atoms with E-state index in [1.54, 1.807) is 0 Å². The lowest BCUT2D eigenvalue weighted by Crippen LogP contribution is -2.25. The minimum atomic E-state index is -0.0132. The van der Waals surface area contributed by atoms with Gasteiger partial charge in [0.25, 0.3) is 0 Å². The van der Waals surface area contributed by atoms with Crippen molar-refractivity contribution in [3.05, 3.63) is 23.8 Å². The van der Waals surface area contributed by atoms with Gasteiger partial charge in [-0.2, -0.15) is 0 Å². The molecule has 1 aliphatic heterocycles. The second kappa shape index (κ2) is 5.77. The number of rotatable bonds is 5. The molecule has 5 heteroatoms. The van der Waals surface area contributed by atoms with Crippen LogP contribution in [0.1, 0.15) is 12.0 Å². The molecule has 0 spiro atoms.